The van der Waals surface area contributed by atoms with E-state index in [9.17, 15) is 4.79 Å². The molecule has 8 heteroatoms. The van der Waals surface area contributed by atoms with Crippen LogP contribution in [0, 0.1) is 6.92 Å². The van der Waals surface area contributed by atoms with Gasteiger partial charge in [0.15, 0.2) is 5.69 Å². The van der Waals surface area contributed by atoms with Crippen LogP contribution in [0.3, 0.4) is 0 Å². The zero-order valence-corrected chi connectivity index (χ0v) is 21.8. The van der Waals surface area contributed by atoms with Crippen LogP contribution in [-0.2, 0) is 6.54 Å². The lowest BCUT2D eigenvalue weighted by Gasteiger charge is -2.29. The Hall–Kier alpha value is -4.07. The summed E-state index contributed by atoms with van der Waals surface area (Å²) in [4.78, 5) is 15.3. The number of benzene rings is 3. The largest absolute Gasteiger partial charge is 0.456 e. The SMILES string of the molecule is Cc1cc(C(=O)Nc2ccc(N3CCNCC3)cc2)nn1Cc1cc(Cl)cc2cc(-c3ccccc3)oc12. The van der Waals surface area contributed by atoms with Crippen molar-refractivity contribution in [3.63, 3.8) is 0 Å². The first-order valence-electron chi connectivity index (χ1n) is 12.7. The van der Waals surface area contributed by atoms with Gasteiger partial charge < -0.3 is 20.0 Å². The van der Waals surface area contributed by atoms with Crippen LogP contribution in [-0.4, -0.2) is 41.9 Å². The van der Waals surface area contributed by atoms with Crippen LogP contribution >= 0.6 is 11.6 Å². The van der Waals surface area contributed by atoms with Gasteiger partial charge in [0.1, 0.15) is 11.3 Å². The number of amides is 1. The normalized spacial score (nSPS) is 13.7. The van der Waals surface area contributed by atoms with E-state index in [2.05, 4.69) is 20.6 Å². The number of nitrogens with zero attached hydrogens (tertiary/aromatic N) is 3. The minimum absolute atomic E-state index is 0.248. The number of nitrogens with one attached hydrogen (secondary N) is 2. The summed E-state index contributed by atoms with van der Waals surface area (Å²) in [7, 11) is 0. The Balaban J connectivity index is 1.20. The van der Waals surface area contributed by atoms with Crippen molar-refractivity contribution in [2.45, 2.75) is 13.5 Å². The molecular weight excluding hydrogens is 498 g/mol. The van der Waals surface area contributed by atoms with Gasteiger partial charge in [0, 0.05) is 64.8 Å². The molecule has 7 nitrogen and oxygen atoms in total. The number of aromatic nitrogens is 2. The average Bonchev–Trinajstić information content (AvgIpc) is 3.54. The second-order valence-corrected chi connectivity index (χ2v) is 9.96. The maximum Gasteiger partial charge on any atom is 0.276 e. The third kappa shape index (κ3) is 5.03. The summed E-state index contributed by atoms with van der Waals surface area (Å²) < 4.78 is 8.06. The van der Waals surface area contributed by atoms with Crippen molar-refractivity contribution in [3.05, 3.63) is 101 Å². The van der Waals surface area contributed by atoms with Gasteiger partial charge in [-0.15, -0.1) is 0 Å². The van der Waals surface area contributed by atoms with E-state index in [4.69, 9.17) is 16.0 Å². The summed E-state index contributed by atoms with van der Waals surface area (Å²) in [5.41, 5.74) is 5.78. The van der Waals surface area contributed by atoms with Crippen LogP contribution in [0.15, 0.2) is 83.3 Å². The number of hydrogen-bond donors (Lipinski definition) is 2. The van der Waals surface area contributed by atoms with Gasteiger partial charge in [-0.1, -0.05) is 41.9 Å². The van der Waals surface area contributed by atoms with E-state index >= 15 is 0 Å². The topological polar surface area (TPSA) is 75.3 Å². The summed E-state index contributed by atoms with van der Waals surface area (Å²) in [6.07, 6.45) is 0. The molecule has 192 valence electrons. The smallest absolute Gasteiger partial charge is 0.276 e. The highest BCUT2D eigenvalue weighted by Gasteiger charge is 2.17. The number of rotatable bonds is 6. The predicted molar refractivity (Wildman–Crippen MR) is 152 cm³/mol. The van der Waals surface area contributed by atoms with Crippen LogP contribution in [0.1, 0.15) is 21.7 Å². The quantitative estimate of drug-likeness (QED) is 0.286. The number of furan rings is 1. The second-order valence-electron chi connectivity index (χ2n) is 9.53. The zero-order chi connectivity index (χ0) is 26.1. The van der Waals surface area contributed by atoms with E-state index in [1.54, 1.807) is 10.7 Å². The molecule has 6 rings (SSSR count). The maximum atomic E-state index is 13.0. The number of carbonyl (C=O) groups is 1. The second kappa shape index (κ2) is 10.4. The Bertz CT molecular complexity index is 1580. The van der Waals surface area contributed by atoms with Crippen molar-refractivity contribution in [2.75, 3.05) is 36.4 Å². The Morgan fingerprint density at radius 2 is 1.79 bits per heavy atom. The van der Waals surface area contributed by atoms with Crippen molar-refractivity contribution in [1.29, 1.82) is 0 Å². The molecule has 0 radical (unpaired) electrons. The standard InChI is InChI=1S/C30H28ClN5O2/c1-20-15-27(30(37)33-25-7-9-26(10-8-25)35-13-11-32-12-14-35)34-36(20)19-23-17-24(31)16-22-18-28(38-29(22)23)21-5-3-2-4-6-21/h2-10,15-18,32H,11-14,19H2,1H3,(H,33,37). The number of aryl methyl sites for hydroxylation is 1. The van der Waals surface area contributed by atoms with Crippen molar-refractivity contribution >= 4 is 39.9 Å². The number of hydrogen-bond acceptors (Lipinski definition) is 5. The van der Waals surface area contributed by atoms with Gasteiger partial charge in [-0.2, -0.15) is 5.10 Å². The molecule has 0 spiro atoms. The monoisotopic (exact) mass is 525 g/mol. The summed E-state index contributed by atoms with van der Waals surface area (Å²) >= 11 is 6.45. The van der Waals surface area contributed by atoms with Gasteiger partial charge in [-0.25, -0.2) is 0 Å². The van der Waals surface area contributed by atoms with Crippen LogP contribution in [0.4, 0.5) is 11.4 Å². The lowest BCUT2D eigenvalue weighted by Crippen LogP contribution is -2.43. The fourth-order valence-corrected chi connectivity index (χ4v) is 5.11. The molecule has 0 unspecified atom stereocenters. The lowest BCUT2D eigenvalue weighted by atomic mass is 10.1. The van der Waals surface area contributed by atoms with Gasteiger partial charge in [0.25, 0.3) is 5.91 Å². The Kier molecular flexibility index (Phi) is 6.62. The number of fused-ring (bicyclic) bond motifs is 1. The first-order chi connectivity index (χ1) is 18.5. The fourth-order valence-electron chi connectivity index (χ4n) is 4.86. The molecule has 1 aliphatic rings. The van der Waals surface area contributed by atoms with Crippen LogP contribution in [0.25, 0.3) is 22.3 Å². The van der Waals surface area contributed by atoms with Gasteiger partial charge in [-0.05, 0) is 55.5 Å². The molecule has 3 heterocycles. The van der Waals surface area contributed by atoms with E-state index in [-0.39, 0.29) is 5.91 Å². The zero-order valence-electron chi connectivity index (χ0n) is 21.1. The summed E-state index contributed by atoms with van der Waals surface area (Å²) in [5, 5.41) is 12.5. The van der Waals surface area contributed by atoms with Crippen molar-refractivity contribution in [2.24, 2.45) is 0 Å². The van der Waals surface area contributed by atoms with Gasteiger partial charge in [-0.3, -0.25) is 9.48 Å². The van der Waals surface area contributed by atoms with E-state index in [0.29, 0.717) is 17.3 Å². The molecule has 0 aliphatic carbocycles. The van der Waals surface area contributed by atoms with E-state index in [1.807, 2.05) is 79.7 Å². The molecule has 2 N–H and O–H groups in total. The Morgan fingerprint density at radius 3 is 2.55 bits per heavy atom. The van der Waals surface area contributed by atoms with Gasteiger partial charge in [0.05, 0.1) is 6.54 Å². The third-order valence-electron chi connectivity index (χ3n) is 6.86. The molecule has 0 atom stereocenters. The van der Waals surface area contributed by atoms with Crippen LogP contribution < -0.4 is 15.5 Å². The molecule has 38 heavy (non-hydrogen) atoms. The van der Waals surface area contributed by atoms with Gasteiger partial charge >= 0.3 is 0 Å². The molecule has 2 aromatic heterocycles. The Morgan fingerprint density at radius 1 is 1.03 bits per heavy atom. The van der Waals surface area contributed by atoms with Crippen LogP contribution in [0.5, 0.6) is 0 Å². The molecule has 3 aromatic carbocycles. The minimum atomic E-state index is -0.248. The highest BCUT2D eigenvalue weighted by Crippen LogP contribution is 2.32. The minimum Gasteiger partial charge on any atom is -0.456 e. The average molecular weight is 526 g/mol. The Labute approximate surface area is 226 Å². The van der Waals surface area contributed by atoms with E-state index < -0.39 is 0 Å². The number of anilines is 2. The molecule has 1 amide bonds. The number of piperazine rings is 1. The molecular formula is C30H28ClN5O2. The number of carbonyl (C=O) groups excluding carboxylic acids is 1. The highest BCUT2D eigenvalue weighted by atomic mass is 35.5. The molecule has 1 aliphatic heterocycles. The summed E-state index contributed by atoms with van der Waals surface area (Å²) in [5.74, 6) is 0.534. The van der Waals surface area contributed by atoms with E-state index in [1.165, 1.54) is 0 Å². The molecule has 1 saturated heterocycles. The van der Waals surface area contributed by atoms with Gasteiger partial charge in [0.2, 0.25) is 0 Å². The first-order valence-corrected chi connectivity index (χ1v) is 13.1. The molecule has 5 aromatic rings. The third-order valence-corrected chi connectivity index (χ3v) is 7.08. The highest BCUT2D eigenvalue weighted by molar-refractivity contribution is 6.31. The predicted octanol–water partition coefficient (Wildman–Crippen LogP) is 5.97. The lowest BCUT2D eigenvalue weighted by molar-refractivity contribution is 0.102. The van der Waals surface area contributed by atoms with Crippen LogP contribution in [0.2, 0.25) is 5.02 Å². The summed E-state index contributed by atoms with van der Waals surface area (Å²) in [6.45, 7) is 6.28. The molecule has 1 fully saturated rings. The maximum absolute atomic E-state index is 13.0. The van der Waals surface area contributed by atoms with E-state index in [0.717, 1.165) is 71.1 Å². The summed E-state index contributed by atoms with van der Waals surface area (Å²) in [6, 6.07) is 25.5. The van der Waals surface area contributed by atoms with Crippen molar-refractivity contribution < 1.29 is 9.21 Å². The first kappa shape index (κ1) is 24.3. The van der Waals surface area contributed by atoms with Crippen molar-refractivity contribution in [1.82, 2.24) is 15.1 Å². The molecule has 0 bridgehead atoms. The number of halogens is 1. The fraction of sp³-hybridized carbons (Fsp3) is 0.200. The van der Waals surface area contributed by atoms with Crippen molar-refractivity contribution in [3.8, 4) is 11.3 Å². The molecule has 0 saturated carbocycles.